The summed E-state index contributed by atoms with van der Waals surface area (Å²) in [4.78, 5) is 37.8. The largest absolute Gasteiger partial charge is 0.492 e. The van der Waals surface area contributed by atoms with Crippen LogP contribution in [0.25, 0.3) is 0 Å². The second-order valence-electron chi connectivity index (χ2n) is 6.92. The van der Waals surface area contributed by atoms with Crippen LogP contribution in [0.4, 0.5) is 5.69 Å². The van der Waals surface area contributed by atoms with Crippen molar-refractivity contribution in [2.75, 3.05) is 18.1 Å². The first-order chi connectivity index (χ1) is 14.8. The van der Waals surface area contributed by atoms with Crippen molar-refractivity contribution < 1.29 is 19.1 Å². The number of rotatable bonds is 4. The first-order valence-corrected chi connectivity index (χ1v) is 10.7. The highest BCUT2D eigenvalue weighted by atomic mass is 35.5. The fraction of sp³-hybridized carbons (Fsp3) is 0.238. The zero-order chi connectivity index (χ0) is 22.2. The van der Waals surface area contributed by atoms with Gasteiger partial charge in [-0.2, -0.15) is 5.01 Å². The third-order valence-corrected chi connectivity index (χ3v) is 6.34. The van der Waals surface area contributed by atoms with E-state index in [1.807, 2.05) is 30.3 Å². The smallest absolute Gasteiger partial charge is 0.270 e. The number of carbonyl (C=O) groups excluding carboxylic acids is 3. The number of hydrogen-bond donors (Lipinski definition) is 1. The van der Waals surface area contributed by atoms with Crippen LogP contribution in [0.5, 0.6) is 5.75 Å². The van der Waals surface area contributed by atoms with Gasteiger partial charge in [-0.3, -0.25) is 14.4 Å². The molecule has 2 aliphatic heterocycles. The Kier molecular flexibility index (Phi) is 5.63. The van der Waals surface area contributed by atoms with Crippen LogP contribution >= 0.6 is 23.4 Å². The summed E-state index contributed by atoms with van der Waals surface area (Å²) in [6.45, 7) is 3.09. The normalized spacial score (nSPS) is 19.5. The quantitative estimate of drug-likeness (QED) is 0.760. The molecule has 160 valence electrons. The zero-order valence-corrected chi connectivity index (χ0v) is 18.4. The van der Waals surface area contributed by atoms with Gasteiger partial charge in [-0.25, -0.2) is 0 Å². The van der Waals surface area contributed by atoms with Crippen LogP contribution in [0, 0.1) is 0 Å². The van der Waals surface area contributed by atoms with Crippen molar-refractivity contribution in [3.8, 4) is 5.75 Å². The van der Waals surface area contributed by atoms with Gasteiger partial charge in [0, 0.05) is 19.4 Å². The average molecular weight is 459 g/mol. The summed E-state index contributed by atoms with van der Waals surface area (Å²) >= 11 is 7.49. The monoisotopic (exact) mass is 458 g/mol. The lowest BCUT2D eigenvalue weighted by molar-refractivity contribution is -0.139. The van der Waals surface area contributed by atoms with Crippen LogP contribution < -0.4 is 15.0 Å². The molecule has 3 amide bonds. The third kappa shape index (κ3) is 3.64. The zero-order valence-electron chi connectivity index (χ0n) is 16.8. The number of amides is 3. The van der Waals surface area contributed by atoms with Gasteiger partial charge < -0.3 is 15.0 Å². The van der Waals surface area contributed by atoms with Gasteiger partial charge in [-0.05, 0) is 30.0 Å². The number of hydrazone groups is 1. The second-order valence-corrected chi connectivity index (χ2v) is 8.51. The summed E-state index contributed by atoms with van der Waals surface area (Å²) in [7, 11) is 0. The van der Waals surface area contributed by atoms with Gasteiger partial charge in [0.05, 0.1) is 17.3 Å². The number of nitrogens with one attached hydrogen (secondary N) is 1. The molecule has 2 aromatic rings. The molecule has 31 heavy (non-hydrogen) atoms. The van der Waals surface area contributed by atoms with Crippen molar-refractivity contribution in [3.05, 3.63) is 59.1 Å². The van der Waals surface area contributed by atoms with E-state index >= 15 is 0 Å². The second kappa shape index (κ2) is 8.24. The van der Waals surface area contributed by atoms with E-state index in [4.69, 9.17) is 16.3 Å². The molecule has 10 heteroatoms. The number of benzene rings is 2. The maximum absolute atomic E-state index is 13.7. The predicted molar refractivity (Wildman–Crippen MR) is 119 cm³/mol. The molecule has 0 bridgehead atoms. The number of hydrogen-bond acceptors (Lipinski definition) is 6. The molecule has 2 aromatic carbocycles. The number of anilines is 1. The van der Waals surface area contributed by atoms with E-state index in [2.05, 4.69) is 10.4 Å². The average Bonchev–Trinajstić information content (AvgIpc) is 3.21. The van der Waals surface area contributed by atoms with Gasteiger partial charge in [0.2, 0.25) is 16.7 Å². The Morgan fingerprint density at radius 2 is 1.90 bits per heavy atom. The van der Waals surface area contributed by atoms with E-state index in [-0.39, 0.29) is 30.1 Å². The highest BCUT2D eigenvalue weighted by molar-refractivity contribution is 8.15. The molecule has 1 spiro atoms. The number of amidine groups is 1. The van der Waals surface area contributed by atoms with Crippen LogP contribution in [0.1, 0.15) is 19.4 Å². The molecule has 0 unspecified atom stereocenters. The Bertz CT molecular complexity index is 1090. The maximum atomic E-state index is 13.7. The summed E-state index contributed by atoms with van der Waals surface area (Å²) in [5.74, 6) is -0.483. The summed E-state index contributed by atoms with van der Waals surface area (Å²) in [5, 5.41) is 8.44. The summed E-state index contributed by atoms with van der Waals surface area (Å²) < 4.78 is 5.76. The lowest BCUT2D eigenvalue weighted by atomic mass is 10.1. The van der Waals surface area contributed by atoms with Gasteiger partial charge in [0.1, 0.15) is 12.4 Å². The molecule has 0 aliphatic carbocycles. The van der Waals surface area contributed by atoms with E-state index in [9.17, 15) is 14.4 Å². The molecule has 0 fully saturated rings. The van der Waals surface area contributed by atoms with Crippen LogP contribution in [0.15, 0.2) is 53.6 Å². The SMILES string of the molecule is CC(=O)NC1=NN(C(C)=O)[C@]2(S1)C(=O)N(CCOc1ccccc1)c1c(Cl)cccc12. The fourth-order valence-corrected chi connectivity index (χ4v) is 5.21. The molecule has 8 nitrogen and oxygen atoms in total. The highest BCUT2D eigenvalue weighted by Crippen LogP contribution is 2.55. The van der Waals surface area contributed by atoms with Gasteiger partial charge in [-0.15, -0.1) is 5.10 Å². The minimum absolute atomic E-state index is 0.171. The van der Waals surface area contributed by atoms with Crippen LogP contribution in [-0.4, -0.2) is 41.0 Å². The number of carbonyl (C=O) groups is 3. The van der Waals surface area contributed by atoms with Crippen molar-refractivity contribution in [2.45, 2.75) is 18.7 Å². The van der Waals surface area contributed by atoms with Crippen molar-refractivity contribution in [2.24, 2.45) is 5.10 Å². The van der Waals surface area contributed by atoms with Crippen molar-refractivity contribution in [1.29, 1.82) is 0 Å². The molecular weight excluding hydrogens is 440 g/mol. The number of thioether (sulfide) groups is 1. The van der Waals surface area contributed by atoms with E-state index in [0.717, 1.165) is 16.8 Å². The van der Waals surface area contributed by atoms with Gasteiger partial charge in [-0.1, -0.05) is 41.9 Å². The van der Waals surface area contributed by atoms with Gasteiger partial charge in [0.25, 0.3) is 5.91 Å². The molecule has 1 atom stereocenters. The number of ether oxygens (including phenoxy) is 1. The number of nitrogens with zero attached hydrogens (tertiary/aromatic N) is 3. The Hall–Kier alpha value is -3.04. The van der Waals surface area contributed by atoms with Crippen molar-refractivity contribution >= 4 is 51.9 Å². The fourth-order valence-electron chi connectivity index (χ4n) is 3.61. The Labute approximate surface area is 188 Å². The summed E-state index contributed by atoms with van der Waals surface area (Å²) in [6.07, 6.45) is 0. The molecule has 4 rings (SSSR count). The molecule has 0 aromatic heterocycles. The van der Waals surface area contributed by atoms with E-state index in [1.54, 1.807) is 18.2 Å². The minimum Gasteiger partial charge on any atom is -0.492 e. The topological polar surface area (TPSA) is 91.3 Å². The Morgan fingerprint density at radius 3 is 2.58 bits per heavy atom. The van der Waals surface area contributed by atoms with Gasteiger partial charge in [0.15, 0.2) is 5.17 Å². The van der Waals surface area contributed by atoms with Crippen LogP contribution in [0.3, 0.4) is 0 Å². The minimum atomic E-state index is -1.48. The number of para-hydroxylation sites is 2. The molecule has 2 heterocycles. The van der Waals surface area contributed by atoms with Gasteiger partial charge >= 0.3 is 0 Å². The van der Waals surface area contributed by atoms with E-state index in [0.29, 0.717) is 22.0 Å². The standard InChI is InChI=1S/C21H19ClN4O4S/c1-13(27)23-20-24-26(14(2)28)21(31-20)16-9-6-10-17(22)18(16)25(19(21)29)11-12-30-15-7-4-3-5-8-15/h3-10H,11-12H2,1-2H3,(H,23,24,27)/t21-/m1/s1. The molecule has 0 saturated carbocycles. The third-order valence-electron chi connectivity index (χ3n) is 4.80. The summed E-state index contributed by atoms with van der Waals surface area (Å²) in [6, 6.07) is 14.4. The van der Waals surface area contributed by atoms with E-state index < -0.39 is 10.8 Å². The summed E-state index contributed by atoms with van der Waals surface area (Å²) in [5.41, 5.74) is 1.04. The lowest BCUT2D eigenvalue weighted by Crippen LogP contribution is -2.49. The Morgan fingerprint density at radius 1 is 1.16 bits per heavy atom. The number of halogens is 1. The predicted octanol–water partition coefficient (Wildman–Crippen LogP) is 2.92. The van der Waals surface area contributed by atoms with Crippen LogP contribution in [-0.2, 0) is 19.3 Å². The number of fused-ring (bicyclic) bond motifs is 2. The molecule has 1 N–H and O–H groups in total. The molecule has 0 radical (unpaired) electrons. The molecule has 0 saturated heterocycles. The van der Waals surface area contributed by atoms with Crippen molar-refractivity contribution in [1.82, 2.24) is 10.3 Å². The first-order valence-electron chi connectivity index (χ1n) is 9.49. The Balaban J connectivity index is 1.69. The highest BCUT2D eigenvalue weighted by Gasteiger charge is 2.61. The molecular formula is C21H19ClN4O4S. The molecule has 2 aliphatic rings. The van der Waals surface area contributed by atoms with E-state index in [1.165, 1.54) is 18.7 Å². The van der Waals surface area contributed by atoms with Crippen molar-refractivity contribution in [3.63, 3.8) is 0 Å². The lowest BCUT2D eigenvalue weighted by Gasteiger charge is -2.29. The first kappa shape index (κ1) is 21.2. The maximum Gasteiger partial charge on any atom is 0.270 e. The van der Waals surface area contributed by atoms with Crippen LogP contribution in [0.2, 0.25) is 5.02 Å².